The average Bonchev–Trinajstić information content (AvgIpc) is 2.41. The van der Waals surface area contributed by atoms with E-state index in [9.17, 15) is 8.78 Å². The molecule has 2 rings (SSSR count). The van der Waals surface area contributed by atoms with Gasteiger partial charge in [-0.1, -0.05) is 40.2 Å². The maximum atomic E-state index is 12.4. The Balaban J connectivity index is 2.21. The van der Waals surface area contributed by atoms with Crippen molar-refractivity contribution >= 4 is 15.9 Å². The molecule has 20 heavy (non-hydrogen) atoms. The van der Waals surface area contributed by atoms with Crippen molar-refractivity contribution in [1.29, 1.82) is 0 Å². The van der Waals surface area contributed by atoms with E-state index in [0.717, 1.165) is 11.3 Å². The predicted octanol–water partition coefficient (Wildman–Crippen LogP) is 4.67. The van der Waals surface area contributed by atoms with Crippen molar-refractivity contribution < 1.29 is 13.5 Å². The summed E-state index contributed by atoms with van der Waals surface area (Å²) in [6.45, 7) is -0.851. The van der Waals surface area contributed by atoms with Gasteiger partial charge < -0.3 is 4.74 Å². The van der Waals surface area contributed by atoms with Crippen LogP contribution in [0, 0.1) is 6.92 Å². The van der Waals surface area contributed by atoms with Crippen LogP contribution in [-0.2, 0) is 6.42 Å². The third-order valence-corrected chi connectivity index (χ3v) is 3.78. The summed E-state index contributed by atoms with van der Waals surface area (Å²) >= 11 is 3.53. The molecule has 0 fully saturated rings. The zero-order valence-corrected chi connectivity index (χ0v) is 12.5. The molecule has 1 aromatic carbocycles. The van der Waals surface area contributed by atoms with Gasteiger partial charge in [0.1, 0.15) is 5.75 Å². The summed E-state index contributed by atoms with van der Waals surface area (Å²) in [6, 6.07) is 10.6. The van der Waals surface area contributed by atoms with Gasteiger partial charge in [0.25, 0.3) is 0 Å². The van der Waals surface area contributed by atoms with Gasteiger partial charge in [0.15, 0.2) is 0 Å². The highest BCUT2D eigenvalue weighted by molar-refractivity contribution is 9.09. The lowest BCUT2D eigenvalue weighted by atomic mass is 10.0. The number of halogens is 3. The zero-order valence-electron chi connectivity index (χ0n) is 10.9. The van der Waals surface area contributed by atoms with Gasteiger partial charge in [-0.25, -0.2) is 0 Å². The first-order chi connectivity index (χ1) is 9.58. The third kappa shape index (κ3) is 3.76. The zero-order chi connectivity index (χ0) is 14.5. The van der Waals surface area contributed by atoms with Crippen LogP contribution in [0.2, 0.25) is 0 Å². The van der Waals surface area contributed by atoms with Crippen molar-refractivity contribution in [2.45, 2.75) is 24.8 Å². The molecule has 0 aliphatic carbocycles. The molecule has 0 saturated heterocycles. The summed E-state index contributed by atoms with van der Waals surface area (Å²) in [7, 11) is 0. The third-order valence-electron chi connectivity index (χ3n) is 2.96. The first-order valence-corrected chi connectivity index (χ1v) is 7.08. The predicted molar refractivity (Wildman–Crippen MR) is 77.4 cm³/mol. The van der Waals surface area contributed by atoms with Gasteiger partial charge >= 0.3 is 6.61 Å². The molecule has 1 unspecified atom stereocenters. The van der Waals surface area contributed by atoms with E-state index >= 15 is 0 Å². The Morgan fingerprint density at radius 3 is 2.65 bits per heavy atom. The molecule has 106 valence electrons. The largest absolute Gasteiger partial charge is 0.435 e. The van der Waals surface area contributed by atoms with Crippen LogP contribution in [0.5, 0.6) is 5.75 Å². The second-order valence-corrected chi connectivity index (χ2v) is 5.46. The molecule has 0 aliphatic heterocycles. The SMILES string of the molecule is Cc1cccnc1CC(Br)c1ccccc1OC(F)F. The van der Waals surface area contributed by atoms with Gasteiger partial charge in [-0.2, -0.15) is 8.78 Å². The minimum absolute atomic E-state index is 0.133. The number of pyridine rings is 1. The molecule has 5 heteroatoms. The Morgan fingerprint density at radius 2 is 1.95 bits per heavy atom. The summed E-state index contributed by atoms with van der Waals surface area (Å²) in [6.07, 6.45) is 2.33. The van der Waals surface area contributed by atoms with E-state index in [2.05, 4.69) is 25.7 Å². The number of aromatic nitrogens is 1. The Kier molecular flexibility index (Phi) is 5.06. The second-order valence-electron chi connectivity index (χ2n) is 4.35. The Morgan fingerprint density at radius 1 is 1.20 bits per heavy atom. The molecule has 1 atom stereocenters. The lowest BCUT2D eigenvalue weighted by Gasteiger charge is -2.15. The molecule has 0 aliphatic rings. The van der Waals surface area contributed by atoms with Crippen LogP contribution in [0.1, 0.15) is 21.6 Å². The second kappa shape index (κ2) is 6.79. The van der Waals surface area contributed by atoms with E-state index in [1.54, 1.807) is 30.5 Å². The number of benzene rings is 1. The summed E-state index contributed by atoms with van der Waals surface area (Å²) in [5.74, 6) is 0.193. The number of rotatable bonds is 5. The highest BCUT2D eigenvalue weighted by Crippen LogP contribution is 2.34. The Bertz CT molecular complexity index is 577. The molecule has 2 nitrogen and oxygen atoms in total. The maximum absolute atomic E-state index is 12.4. The highest BCUT2D eigenvalue weighted by atomic mass is 79.9. The van der Waals surface area contributed by atoms with Crippen molar-refractivity contribution in [2.24, 2.45) is 0 Å². The van der Waals surface area contributed by atoms with Crippen LogP contribution in [-0.4, -0.2) is 11.6 Å². The van der Waals surface area contributed by atoms with Crippen LogP contribution in [0.15, 0.2) is 42.6 Å². The molecule has 0 amide bonds. The number of hydrogen-bond donors (Lipinski definition) is 0. The summed E-state index contributed by atoms with van der Waals surface area (Å²) < 4.78 is 29.4. The van der Waals surface area contributed by atoms with Crippen molar-refractivity contribution in [2.75, 3.05) is 0 Å². The van der Waals surface area contributed by atoms with Crippen LogP contribution in [0.4, 0.5) is 8.78 Å². The fourth-order valence-electron chi connectivity index (χ4n) is 1.95. The number of hydrogen-bond acceptors (Lipinski definition) is 2. The molecule has 0 saturated carbocycles. The highest BCUT2D eigenvalue weighted by Gasteiger charge is 2.17. The summed E-state index contributed by atoms with van der Waals surface area (Å²) in [4.78, 5) is 4.18. The monoisotopic (exact) mass is 341 g/mol. The van der Waals surface area contributed by atoms with E-state index in [1.807, 2.05) is 19.1 Å². The van der Waals surface area contributed by atoms with Gasteiger partial charge in [-0.3, -0.25) is 4.98 Å². The van der Waals surface area contributed by atoms with Crippen molar-refractivity contribution in [1.82, 2.24) is 4.98 Å². The van der Waals surface area contributed by atoms with E-state index < -0.39 is 6.61 Å². The number of nitrogens with zero attached hydrogens (tertiary/aromatic N) is 1. The topological polar surface area (TPSA) is 22.1 Å². The van der Waals surface area contributed by atoms with Gasteiger partial charge in [0.05, 0.1) is 0 Å². The summed E-state index contributed by atoms with van der Waals surface area (Å²) in [5.41, 5.74) is 2.70. The molecule has 0 radical (unpaired) electrons. The molecule has 1 heterocycles. The van der Waals surface area contributed by atoms with Gasteiger partial charge in [0, 0.05) is 28.7 Å². The Labute approximate surface area is 124 Å². The van der Waals surface area contributed by atoms with Crippen LogP contribution in [0.3, 0.4) is 0 Å². The van der Waals surface area contributed by atoms with Crippen LogP contribution in [0.25, 0.3) is 0 Å². The van der Waals surface area contributed by atoms with Gasteiger partial charge in [-0.15, -0.1) is 0 Å². The number of alkyl halides is 3. The molecule has 0 N–H and O–H groups in total. The number of ether oxygens (including phenoxy) is 1. The van der Waals surface area contributed by atoms with E-state index in [1.165, 1.54) is 0 Å². The number of para-hydroxylation sites is 1. The standard InChI is InChI=1S/C15H14BrF2NO/c1-10-5-4-8-19-13(10)9-12(16)11-6-2-3-7-14(11)20-15(17)18/h2-8,12,15H,9H2,1H3. The van der Waals surface area contributed by atoms with E-state index in [0.29, 0.717) is 12.0 Å². The van der Waals surface area contributed by atoms with Crippen LogP contribution >= 0.6 is 15.9 Å². The normalized spacial score (nSPS) is 12.4. The fraction of sp³-hybridized carbons (Fsp3) is 0.267. The minimum Gasteiger partial charge on any atom is -0.435 e. The quantitative estimate of drug-likeness (QED) is 0.737. The lowest BCUT2D eigenvalue weighted by molar-refractivity contribution is -0.0504. The van der Waals surface area contributed by atoms with E-state index in [-0.39, 0.29) is 10.6 Å². The molecule has 0 bridgehead atoms. The first kappa shape index (κ1) is 14.9. The molecular formula is C15H14BrF2NO. The average molecular weight is 342 g/mol. The fourth-order valence-corrected chi connectivity index (χ4v) is 2.64. The summed E-state index contributed by atoms with van der Waals surface area (Å²) in [5, 5.41) is 0. The Hall–Kier alpha value is -1.49. The first-order valence-electron chi connectivity index (χ1n) is 6.16. The van der Waals surface area contributed by atoms with Crippen molar-refractivity contribution in [3.63, 3.8) is 0 Å². The molecule has 2 aromatic rings. The lowest BCUT2D eigenvalue weighted by Crippen LogP contribution is -2.07. The van der Waals surface area contributed by atoms with Gasteiger partial charge in [0.2, 0.25) is 0 Å². The van der Waals surface area contributed by atoms with Crippen LogP contribution < -0.4 is 4.74 Å². The molecule has 1 aromatic heterocycles. The van der Waals surface area contributed by atoms with Crippen molar-refractivity contribution in [3.05, 3.63) is 59.4 Å². The maximum Gasteiger partial charge on any atom is 0.387 e. The van der Waals surface area contributed by atoms with E-state index in [4.69, 9.17) is 0 Å². The smallest absolute Gasteiger partial charge is 0.387 e. The minimum atomic E-state index is -2.83. The van der Waals surface area contributed by atoms with Gasteiger partial charge in [-0.05, 0) is 24.6 Å². The molecular weight excluding hydrogens is 328 g/mol. The number of aryl methyl sites for hydroxylation is 1. The van der Waals surface area contributed by atoms with Crippen molar-refractivity contribution in [3.8, 4) is 5.75 Å². The molecule has 0 spiro atoms.